The Hall–Kier alpha value is -2.21. The van der Waals surface area contributed by atoms with Gasteiger partial charge in [-0.05, 0) is 38.1 Å². The molecule has 2 N–H and O–H groups in total. The Labute approximate surface area is 116 Å². The Balaban J connectivity index is 1.80. The first-order chi connectivity index (χ1) is 9.74. The molecule has 6 nitrogen and oxygen atoms in total. The summed E-state index contributed by atoms with van der Waals surface area (Å²) in [6.45, 7) is 2.08. The third-order valence-electron chi connectivity index (χ3n) is 3.73. The smallest absolute Gasteiger partial charge is 0.269 e. The van der Waals surface area contributed by atoms with Crippen LogP contribution in [0.25, 0.3) is 11.4 Å². The van der Waals surface area contributed by atoms with Crippen LogP contribution >= 0.6 is 0 Å². The monoisotopic (exact) mass is 272 g/mol. The molecular weight excluding hydrogens is 256 g/mol. The third kappa shape index (κ3) is 2.55. The highest BCUT2D eigenvalue weighted by Crippen LogP contribution is 2.26. The van der Waals surface area contributed by atoms with Crippen molar-refractivity contribution in [1.29, 1.82) is 0 Å². The number of benzene rings is 1. The maximum atomic E-state index is 10.6. The van der Waals surface area contributed by atoms with Gasteiger partial charge in [0.05, 0.1) is 4.92 Å². The molecule has 2 aromatic rings. The maximum absolute atomic E-state index is 10.6. The summed E-state index contributed by atoms with van der Waals surface area (Å²) < 4.78 is 0. The van der Waals surface area contributed by atoms with E-state index < -0.39 is 4.92 Å². The Morgan fingerprint density at radius 2 is 1.90 bits per heavy atom. The number of aromatic amines is 1. The average molecular weight is 272 g/mol. The molecule has 0 amide bonds. The lowest BCUT2D eigenvalue weighted by Crippen LogP contribution is -2.26. The number of rotatable bonds is 3. The number of nitro groups is 1. The summed E-state index contributed by atoms with van der Waals surface area (Å²) >= 11 is 0. The number of imidazole rings is 1. The molecule has 0 saturated carbocycles. The van der Waals surface area contributed by atoms with Gasteiger partial charge in [-0.2, -0.15) is 0 Å². The standard InChI is InChI=1S/C14H16N4O2/c19-18(20)12-3-1-11(2-4-12)14-16-9-13(17-14)10-5-7-15-8-6-10/h1-4,9-10,15H,5-8H2,(H,16,17). The molecule has 20 heavy (non-hydrogen) atoms. The van der Waals surface area contributed by atoms with Crippen LogP contribution in [0.5, 0.6) is 0 Å². The van der Waals surface area contributed by atoms with Crippen molar-refractivity contribution in [2.24, 2.45) is 0 Å². The molecule has 0 atom stereocenters. The first-order valence-corrected chi connectivity index (χ1v) is 6.74. The van der Waals surface area contributed by atoms with Gasteiger partial charge in [0.2, 0.25) is 0 Å². The van der Waals surface area contributed by atoms with Gasteiger partial charge in [-0.3, -0.25) is 10.1 Å². The highest BCUT2D eigenvalue weighted by molar-refractivity contribution is 5.57. The normalized spacial score (nSPS) is 16.2. The molecule has 1 aliphatic rings. The fourth-order valence-electron chi connectivity index (χ4n) is 2.56. The molecule has 2 heterocycles. The van der Waals surface area contributed by atoms with Gasteiger partial charge in [0.1, 0.15) is 5.82 Å². The van der Waals surface area contributed by atoms with Crippen LogP contribution in [0.15, 0.2) is 30.5 Å². The van der Waals surface area contributed by atoms with Crippen molar-refractivity contribution in [2.75, 3.05) is 13.1 Å². The lowest BCUT2D eigenvalue weighted by Gasteiger charge is -2.21. The molecule has 3 rings (SSSR count). The van der Waals surface area contributed by atoms with E-state index in [9.17, 15) is 10.1 Å². The van der Waals surface area contributed by atoms with E-state index in [-0.39, 0.29) is 5.69 Å². The molecule has 1 saturated heterocycles. The van der Waals surface area contributed by atoms with Crippen LogP contribution in [0.3, 0.4) is 0 Å². The van der Waals surface area contributed by atoms with Gasteiger partial charge in [-0.1, -0.05) is 0 Å². The van der Waals surface area contributed by atoms with Crippen molar-refractivity contribution in [3.8, 4) is 11.4 Å². The molecule has 0 bridgehead atoms. The van der Waals surface area contributed by atoms with Gasteiger partial charge in [0.25, 0.3) is 5.69 Å². The second kappa shape index (κ2) is 5.42. The van der Waals surface area contributed by atoms with Gasteiger partial charge in [-0.15, -0.1) is 0 Å². The van der Waals surface area contributed by atoms with Crippen molar-refractivity contribution in [3.05, 3.63) is 46.3 Å². The number of H-pyrrole nitrogens is 1. The lowest BCUT2D eigenvalue weighted by molar-refractivity contribution is -0.384. The molecule has 6 heteroatoms. The SMILES string of the molecule is O=[N+]([O-])c1ccc(-c2ncc(C3CCNCC3)[nH]2)cc1. The van der Waals surface area contributed by atoms with E-state index in [1.807, 2.05) is 6.20 Å². The summed E-state index contributed by atoms with van der Waals surface area (Å²) in [6.07, 6.45) is 4.11. The topological polar surface area (TPSA) is 83.8 Å². The quantitative estimate of drug-likeness (QED) is 0.664. The van der Waals surface area contributed by atoms with E-state index in [2.05, 4.69) is 15.3 Å². The Morgan fingerprint density at radius 1 is 1.20 bits per heavy atom. The maximum Gasteiger partial charge on any atom is 0.269 e. The van der Waals surface area contributed by atoms with Crippen LogP contribution < -0.4 is 5.32 Å². The van der Waals surface area contributed by atoms with Gasteiger partial charge >= 0.3 is 0 Å². The largest absolute Gasteiger partial charge is 0.342 e. The molecule has 0 radical (unpaired) electrons. The summed E-state index contributed by atoms with van der Waals surface area (Å²) in [5.41, 5.74) is 2.12. The van der Waals surface area contributed by atoms with E-state index >= 15 is 0 Å². The number of nitrogens with one attached hydrogen (secondary N) is 2. The fraction of sp³-hybridized carbons (Fsp3) is 0.357. The van der Waals surface area contributed by atoms with Crippen LogP contribution in [0.1, 0.15) is 24.5 Å². The van der Waals surface area contributed by atoms with E-state index in [1.54, 1.807) is 12.1 Å². The number of aromatic nitrogens is 2. The summed E-state index contributed by atoms with van der Waals surface area (Å²) in [5.74, 6) is 1.30. The fourth-order valence-corrected chi connectivity index (χ4v) is 2.56. The second-order valence-electron chi connectivity index (χ2n) is 5.02. The summed E-state index contributed by atoms with van der Waals surface area (Å²) in [4.78, 5) is 18.0. The van der Waals surface area contributed by atoms with E-state index in [0.29, 0.717) is 5.92 Å². The summed E-state index contributed by atoms with van der Waals surface area (Å²) in [5, 5.41) is 14.0. The molecule has 1 aromatic heterocycles. The van der Waals surface area contributed by atoms with Crippen molar-refractivity contribution in [1.82, 2.24) is 15.3 Å². The van der Waals surface area contributed by atoms with Crippen LogP contribution in [0, 0.1) is 10.1 Å². The summed E-state index contributed by atoms with van der Waals surface area (Å²) in [6, 6.07) is 6.45. The van der Waals surface area contributed by atoms with Gasteiger partial charge in [0, 0.05) is 35.5 Å². The zero-order valence-electron chi connectivity index (χ0n) is 11.0. The first-order valence-electron chi connectivity index (χ1n) is 6.74. The molecule has 1 fully saturated rings. The van der Waals surface area contributed by atoms with Crippen molar-refractivity contribution < 1.29 is 4.92 Å². The van der Waals surface area contributed by atoms with Crippen molar-refractivity contribution in [3.63, 3.8) is 0 Å². The number of hydrogen-bond acceptors (Lipinski definition) is 4. The van der Waals surface area contributed by atoms with E-state index in [0.717, 1.165) is 43.0 Å². The molecule has 104 valence electrons. The van der Waals surface area contributed by atoms with Gasteiger partial charge < -0.3 is 10.3 Å². The molecule has 0 unspecified atom stereocenters. The Morgan fingerprint density at radius 3 is 2.55 bits per heavy atom. The minimum absolute atomic E-state index is 0.0962. The minimum atomic E-state index is -0.396. The van der Waals surface area contributed by atoms with Crippen LogP contribution in [-0.4, -0.2) is 28.0 Å². The number of hydrogen-bond donors (Lipinski definition) is 2. The number of non-ortho nitro benzene ring substituents is 1. The van der Waals surface area contributed by atoms with Crippen LogP contribution in [-0.2, 0) is 0 Å². The molecule has 1 aliphatic heterocycles. The average Bonchev–Trinajstić information content (AvgIpc) is 2.98. The second-order valence-corrected chi connectivity index (χ2v) is 5.02. The molecular formula is C14H16N4O2. The van der Waals surface area contributed by atoms with Crippen molar-refractivity contribution in [2.45, 2.75) is 18.8 Å². The van der Waals surface area contributed by atoms with Gasteiger partial charge in [-0.25, -0.2) is 4.98 Å². The van der Waals surface area contributed by atoms with E-state index in [4.69, 9.17) is 0 Å². The zero-order valence-corrected chi connectivity index (χ0v) is 11.0. The van der Waals surface area contributed by atoms with Crippen molar-refractivity contribution >= 4 is 5.69 Å². The predicted octanol–water partition coefficient (Wildman–Crippen LogP) is 2.45. The Kier molecular flexibility index (Phi) is 3.47. The number of piperidine rings is 1. The van der Waals surface area contributed by atoms with Crippen LogP contribution in [0.4, 0.5) is 5.69 Å². The highest BCUT2D eigenvalue weighted by atomic mass is 16.6. The van der Waals surface area contributed by atoms with Gasteiger partial charge in [0.15, 0.2) is 0 Å². The molecule has 0 aliphatic carbocycles. The Bertz CT molecular complexity index is 600. The zero-order chi connectivity index (χ0) is 13.9. The molecule has 0 spiro atoms. The number of nitrogens with zero attached hydrogens (tertiary/aromatic N) is 2. The summed E-state index contributed by atoms with van der Waals surface area (Å²) in [7, 11) is 0. The predicted molar refractivity (Wildman–Crippen MR) is 75.5 cm³/mol. The molecule has 1 aromatic carbocycles. The van der Waals surface area contributed by atoms with E-state index in [1.165, 1.54) is 12.1 Å². The first kappa shape index (κ1) is 12.8. The third-order valence-corrected chi connectivity index (χ3v) is 3.73. The minimum Gasteiger partial charge on any atom is -0.342 e. The highest BCUT2D eigenvalue weighted by Gasteiger charge is 2.17. The lowest BCUT2D eigenvalue weighted by atomic mass is 9.95. The number of nitro benzene ring substituents is 1. The van der Waals surface area contributed by atoms with Crippen LogP contribution in [0.2, 0.25) is 0 Å².